The normalized spacial score (nSPS) is 29.8. The Morgan fingerprint density at radius 3 is 2.62 bits per heavy atom. The van der Waals surface area contributed by atoms with Crippen LogP contribution in [0.4, 0.5) is 0 Å². The summed E-state index contributed by atoms with van der Waals surface area (Å²) in [5.74, 6) is 0.103. The van der Waals surface area contributed by atoms with Crippen LogP contribution < -0.4 is 4.72 Å². The molecule has 2 aliphatic heterocycles. The zero-order valence-electron chi connectivity index (χ0n) is 13.9. The number of hydrogen-bond donors (Lipinski definition) is 1. The molecule has 1 spiro atoms. The predicted molar refractivity (Wildman–Crippen MR) is 91.2 cm³/mol. The van der Waals surface area contributed by atoms with Gasteiger partial charge in [0.1, 0.15) is 0 Å². The van der Waals surface area contributed by atoms with Gasteiger partial charge < -0.3 is 4.74 Å². The Labute approximate surface area is 143 Å². The molecule has 0 aliphatic carbocycles. The van der Waals surface area contributed by atoms with E-state index in [4.69, 9.17) is 4.74 Å². The second-order valence-electron chi connectivity index (χ2n) is 6.93. The molecule has 1 aromatic rings. The maximum absolute atomic E-state index is 12.6. The topological polar surface area (TPSA) is 89.5 Å². The second kappa shape index (κ2) is 6.09. The second-order valence-corrected chi connectivity index (χ2v) is 10.8. The first-order valence-electron chi connectivity index (χ1n) is 8.05. The lowest BCUT2D eigenvalue weighted by Gasteiger charge is -2.37. The van der Waals surface area contributed by atoms with Crippen LogP contribution in [0.3, 0.4) is 0 Å². The van der Waals surface area contributed by atoms with Crippen molar-refractivity contribution in [3.05, 3.63) is 29.3 Å². The monoisotopic (exact) mass is 373 g/mol. The van der Waals surface area contributed by atoms with Crippen LogP contribution in [0, 0.1) is 13.8 Å². The Morgan fingerprint density at radius 1 is 1.25 bits per heavy atom. The molecule has 134 valence electrons. The molecular formula is C16H23NO5S2. The Balaban J connectivity index is 1.76. The van der Waals surface area contributed by atoms with Crippen LogP contribution in [-0.2, 0) is 24.6 Å². The third-order valence-electron chi connectivity index (χ3n) is 4.96. The molecule has 8 heteroatoms. The summed E-state index contributed by atoms with van der Waals surface area (Å²) in [5, 5.41) is 0. The van der Waals surface area contributed by atoms with E-state index in [-0.39, 0.29) is 22.4 Å². The first-order valence-corrected chi connectivity index (χ1v) is 11.4. The highest BCUT2D eigenvalue weighted by molar-refractivity contribution is 7.91. The molecule has 1 N–H and O–H groups in total. The quantitative estimate of drug-likeness (QED) is 0.863. The lowest BCUT2D eigenvalue weighted by atomic mass is 9.90. The van der Waals surface area contributed by atoms with Crippen molar-refractivity contribution in [2.75, 3.05) is 18.1 Å². The number of nitrogens with one attached hydrogen (secondary N) is 1. The minimum atomic E-state index is -3.63. The number of hydrogen-bond acceptors (Lipinski definition) is 5. The fourth-order valence-electron chi connectivity index (χ4n) is 3.46. The summed E-state index contributed by atoms with van der Waals surface area (Å²) in [4.78, 5) is 0.241. The van der Waals surface area contributed by atoms with Crippen molar-refractivity contribution < 1.29 is 21.6 Å². The predicted octanol–water partition coefficient (Wildman–Crippen LogP) is 1.32. The highest BCUT2D eigenvalue weighted by Gasteiger charge is 2.47. The van der Waals surface area contributed by atoms with Gasteiger partial charge in [-0.05, 0) is 56.4 Å². The Kier molecular flexibility index (Phi) is 4.53. The van der Waals surface area contributed by atoms with Crippen LogP contribution in [-0.4, -0.2) is 46.6 Å². The summed E-state index contributed by atoms with van der Waals surface area (Å²) in [6.45, 7) is 4.18. The lowest BCUT2D eigenvalue weighted by molar-refractivity contribution is -0.0675. The molecule has 6 nitrogen and oxygen atoms in total. The van der Waals surface area contributed by atoms with Gasteiger partial charge in [-0.15, -0.1) is 0 Å². The van der Waals surface area contributed by atoms with E-state index in [9.17, 15) is 16.8 Å². The van der Waals surface area contributed by atoms with Crippen LogP contribution >= 0.6 is 0 Å². The smallest absolute Gasteiger partial charge is 0.240 e. The van der Waals surface area contributed by atoms with Crippen LogP contribution in [0.15, 0.2) is 23.1 Å². The highest BCUT2D eigenvalue weighted by atomic mass is 32.2. The van der Waals surface area contributed by atoms with E-state index < -0.39 is 25.5 Å². The van der Waals surface area contributed by atoms with Gasteiger partial charge in [0.15, 0.2) is 9.84 Å². The minimum absolute atomic E-state index is 0.0120. The van der Waals surface area contributed by atoms with Crippen LogP contribution in [0.1, 0.15) is 30.4 Å². The number of aryl methyl sites for hydroxylation is 2. The fraction of sp³-hybridized carbons (Fsp3) is 0.625. The summed E-state index contributed by atoms with van der Waals surface area (Å²) in [6, 6.07) is 4.74. The molecule has 0 unspecified atom stereocenters. The van der Waals surface area contributed by atoms with Crippen molar-refractivity contribution in [1.82, 2.24) is 4.72 Å². The Hall–Kier alpha value is -0.960. The van der Waals surface area contributed by atoms with Gasteiger partial charge in [-0.25, -0.2) is 21.6 Å². The number of benzene rings is 1. The van der Waals surface area contributed by atoms with Gasteiger partial charge in [0.25, 0.3) is 0 Å². The zero-order chi connectivity index (χ0) is 17.6. The van der Waals surface area contributed by atoms with Crippen molar-refractivity contribution in [3.8, 4) is 0 Å². The maximum Gasteiger partial charge on any atom is 0.240 e. The SMILES string of the molecule is Cc1ccc(S(=O)(=O)N[C@H]2CCO[C@]3(CCS(=O)(=O)C3)C2)cc1C. The van der Waals surface area contributed by atoms with Crippen molar-refractivity contribution in [1.29, 1.82) is 0 Å². The van der Waals surface area contributed by atoms with Crippen molar-refractivity contribution in [2.24, 2.45) is 0 Å². The van der Waals surface area contributed by atoms with Gasteiger partial charge >= 0.3 is 0 Å². The average Bonchev–Trinajstić information content (AvgIpc) is 2.76. The number of rotatable bonds is 3. The Morgan fingerprint density at radius 2 is 2.00 bits per heavy atom. The lowest BCUT2D eigenvalue weighted by Crippen LogP contribution is -2.49. The standard InChI is InChI=1S/C16H23NO5S2/c1-12-3-4-15(9-13(12)2)24(20,21)17-14-5-7-22-16(10-14)6-8-23(18,19)11-16/h3-4,9,14,17H,5-8,10-11H2,1-2H3/t14-,16+/m0/s1. The maximum atomic E-state index is 12.6. The van der Waals surface area contributed by atoms with Gasteiger partial charge in [0, 0.05) is 12.6 Å². The van der Waals surface area contributed by atoms with E-state index in [0.29, 0.717) is 25.9 Å². The number of sulfonamides is 1. The molecule has 3 rings (SSSR count). The summed E-state index contributed by atoms with van der Waals surface area (Å²) < 4.78 is 57.3. The van der Waals surface area contributed by atoms with E-state index in [1.807, 2.05) is 13.8 Å². The van der Waals surface area contributed by atoms with Crippen LogP contribution in [0.25, 0.3) is 0 Å². The molecule has 2 saturated heterocycles. The van der Waals surface area contributed by atoms with Crippen LogP contribution in [0.5, 0.6) is 0 Å². The molecule has 0 amide bonds. The van der Waals surface area contributed by atoms with Gasteiger partial charge in [0.2, 0.25) is 10.0 Å². The van der Waals surface area contributed by atoms with Gasteiger partial charge in [0.05, 0.1) is 22.0 Å². The molecule has 2 atom stereocenters. The Bertz CT molecular complexity index is 847. The number of sulfone groups is 1. The first-order chi connectivity index (χ1) is 11.1. The molecule has 0 radical (unpaired) electrons. The first kappa shape index (κ1) is 17.8. The molecule has 2 heterocycles. The fourth-order valence-corrected chi connectivity index (χ4v) is 6.79. The van der Waals surface area contributed by atoms with E-state index >= 15 is 0 Å². The zero-order valence-corrected chi connectivity index (χ0v) is 15.5. The highest BCUT2D eigenvalue weighted by Crippen LogP contribution is 2.36. The third kappa shape index (κ3) is 3.66. The summed E-state index contributed by atoms with van der Waals surface area (Å²) in [6.07, 6.45) is 1.39. The summed E-state index contributed by atoms with van der Waals surface area (Å²) >= 11 is 0. The molecule has 0 aromatic heterocycles. The summed E-state index contributed by atoms with van der Waals surface area (Å²) in [7, 11) is -6.72. The molecule has 24 heavy (non-hydrogen) atoms. The van der Waals surface area contributed by atoms with Crippen molar-refractivity contribution in [2.45, 2.75) is 49.6 Å². The van der Waals surface area contributed by atoms with E-state index in [2.05, 4.69) is 4.72 Å². The van der Waals surface area contributed by atoms with Crippen LogP contribution in [0.2, 0.25) is 0 Å². The van der Waals surface area contributed by atoms with E-state index in [0.717, 1.165) is 11.1 Å². The van der Waals surface area contributed by atoms with Gasteiger partial charge in [-0.3, -0.25) is 0 Å². The van der Waals surface area contributed by atoms with E-state index in [1.54, 1.807) is 18.2 Å². The minimum Gasteiger partial charge on any atom is -0.374 e. The molecule has 2 fully saturated rings. The molecular weight excluding hydrogens is 350 g/mol. The third-order valence-corrected chi connectivity index (χ3v) is 8.27. The number of ether oxygens (including phenoxy) is 1. The molecule has 0 bridgehead atoms. The van der Waals surface area contributed by atoms with Crippen molar-refractivity contribution in [3.63, 3.8) is 0 Å². The molecule has 0 saturated carbocycles. The van der Waals surface area contributed by atoms with Gasteiger partial charge in [-0.2, -0.15) is 0 Å². The molecule has 1 aromatic carbocycles. The largest absolute Gasteiger partial charge is 0.374 e. The summed E-state index contributed by atoms with van der Waals surface area (Å²) in [5.41, 5.74) is 1.23. The average molecular weight is 373 g/mol. The van der Waals surface area contributed by atoms with E-state index in [1.165, 1.54) is 0 Å². The van der Waals surface area contributed by atoms with Gasteiger partial charge in [-0.1, -0.05) is 6.07 Å². The molecule has 2 aliphatic rings. The van der Waals surface area contributed by atoms with Crippen molar-refractivity contribution >= 4 is 19.9 Å².